The SMILES string of the molecule is C1=Cc2cc3ccc(cc4nc(cc5ccc(cc1n2)[nH]5)C=C4)[nH]3.[Cu][c]1cccc2c1Cc1ccccc1-2.[SiH4].c1ccccc1. The maximum absolute atomic E-state index is 5.48. The van der Waals surface area contributed by atoms with Crippen LogP contribution in [0, 0.1) is 0 Å². The van der Waals surface area contributed by atoms with Gasteiger partial charge in [-0.15, -0.1) is 0 Å². The molecule has 0 unspecified atom stereocenters. The molecule has 9 rings (SSSR count). The molecule has 6 heteroatoms. The van der Waals surface area contributed by atoms with Crippen molar-refractivity contribution in [2.24, 2.45) is 0 Å². The van der Waals surface area contributed by atoms with Gasteiger partial charge in [0, 0.05) is 22.1 Å². The molecule has 2 aliphatic heterocycles. The van der Waals surface area contributed by atoms with Crippen molar-refractivity contribution in [1.82, 2.24) is 19.9 Å². The molecule has 3 aromatic carbocycles. The van der Waals surface area contributed by atoms with Gasteiger partial charge in [0.2, 0.25) is 0 Å². The number of hydrogen-bond acceptors (Lipinski definition) is 2. The van der Waals surface area contributed by atoms with Crippen LogP contribution < -0.4 is 4.46 Å². The Hall–Kier alpha value is -5.00. The van der Waals surface area contributed by atoms with Crippen LogP contribution in [-0.2, 0) is 22.4 Å². The molecule has 3 aromatic heterocycles. The zero-order chi connectivity index (χ0) is 29.7. The van der Waals surface area contributed by atoms with E-state index < -0.39 is 0 Å². The number of fused-ring (bicyclic) bond motifs is 11. The Morgan fingerprint density at radius 2 is 0.889 bits per heavy atom. The van der Waals surface area contributed by atoms with Crippen molar-refractivity contribution in [3.8, 4) is 11.1 Å². The van der Waals surface area contributed by atoms with Crippen LogP contribution in [0.15, 0.2) is 127 Å². The second-order valence-electron chi connectivity index (χ2n) is 10.6. The number of aromatic amines is 2. The zero-order valence-electron chi connectivity index (χ0n) is 23.8. The molecule has 0 amide bonds. The number of aromatic nitrogens is 4. The van der Waals surface area contributed by atoms with Crippen LogP contribution in [0.4, 0.5) is 0 Å². The number of nitrogens with one attached hydrogen (secondary N) is 2. The Kier molecular flexibility index (Phi) is 9.18. The van der Waals surface area contributed by atoms with Crippen LogP contribution in [0.5, 0.6) is 0 Å². The van der Waals surface area contributed by atoms with Crippen molar-refractivity contribution in [1.29, 1.82) is 0 Å². The number of rotatable bonds is 0. The zero-order valence-corrected chi connectivity index (χ0v) is 24.8. The van der Waals surface area contributed by atoms with E-state index in [4.69, 9.17) is 16.0 Å². The third kappa shape index (κ3) is 7.22. The standard InChI is InChI=1S/C20H14N4.C13H9.C6H6.Cu.H4Si/c1-2-14-10-16-5-6-18(23-16)12-20-8-7-19(24-20)11-17-4-3-15(22-17)9-13(1)21-14;1-3-7-12-10(5-1)9-11-6-2-4-8-13(11)12;1-2-4-6-5-3-1;;/h1-12,21,24H;1-5,7-8H,9H2;1-6H;;1H4. The fourth-order valence-corrected chi connectivity index (χ4v) is 5.72. The molecule has 45 heavy (non-hydrogen) atoms. The van der Waals surface area contributed by atoms with Crippen molar-refractivity contribution in [2.75, 3.05) is 0 Å². The van der Waals surface area contributed by atoms with Gasteiger partial charge in [0.05, 0.1) is 22.8 Å². The number of hydrogen-bond donors (Lipinski definition) is 2. The van der Waals surface area contributed by atoms with E-state index in [1.54, 1.807) is 0 Å². The smallest absolute Gasteiger partial charge is 0.0149 e. The molecule has 2 N–H and O–H groups in total. The fourth-order valence-electron chi connectivity index (χ4n) is 5.42. The average Bonchev–Trinajstić information content (AvgIpc) is 3.89. The van der Waals surface area contributed by atoms with Gasteiger partial charge in [0.1, 0.15) is 0 Å². The van der Waals surface area contributed by atoms with Crippen LogP contribution in [0.2, 0.25) is 0 Å². The molecule has 0 saturated heterocycles. The van der Waals surface area contributed by atoms with E-state index in [9.17, 15) is 0 Å². The Bertz CT molecular complexity index is 1980. The summed E-state index contributed by atoms with van der Waals surface area (Å²) in [6.45, 7) is 0. The van der Waals surface area contributed by atoms with Crippen LogP contribution in [0.25, 0.3) is 57.5 Å². The van der Waals surface area contributed by atoms with Crippen molar-refractivity contribution in [3.05, 3.63) is 161 Å². The van der Waals surface area contributed by atoms with Gasteiger partial charge in [-0.2, -0.15) is 0 Å². The molecule has 0 saturated carbocycles. The molecule has 5 heterocycles. The fraction of sp³-hybridized carbons (Fsp3) is 0.0256. The molecule has 0 atom stereocenters. The molecule has 3 aliphatic rings. The van der Waals surface area contributed by atoms with E-state index in [0.717, 1.165) is 55.7 Å². The number of H-pyrrole nitrogens is 2. The average molecular weight is 649 g/mol. The minimum Gasteiger partial charge on any atom is -0.0623 e. The summed E-state index contributed by atoms with van der Waals surface area (Å²) < 4.78 is 0.978. The van der Waals surface area contributed by atoms with Gasteiger partial charge in [-0.3, -0.25) is 0 Å². The molecule has 0 radical (unpaired) electrons. The van der Waals surface area contributed by atoms with E-state index in [-0.39, 0.29) is 11.0 Å². The van der Waals surface area contributed by atoms with Gasteiger partial charge < -0.3 is 9.97 Å². The van der Waals surface area contributed by atoms with E-state index in [2.05, 4.69) is 74.5 Å². The van der Waals surface area contributed by atoms with Gasteiger partial charge in [-0.25, -0.2) is 9.97 Å². The number of nitrogens with zero attached hydrogens (tertiary/aromatic N) is 2. The topological polar surface area (TPSA) is 57.4 Å². The van der Waals surface area contributed by atoms with E-state index in [1.807, 2.05) is 97.1 Å². The minimum absolute atomic E-state index is 0. The summed E-state index contributed by atoms with van der Waals surface area (Å²) in [6, 6.07) is 43.1. The predicted octanol–water partition coefficient (Wildman–Crippen LogP) is 7.32. The van der Waals surface area contributed by atoms with Crippen molar-refractivity contribution >= 4 is 61.8 Å². The quantitative estimate of drug-likeness (QED) is 0.169. The maximum Gasteiger partial charge on any atom is -0.0149 e. The summed E-state index contributed by atoms with van der Waals surface area (Å²) in [5, 5.41) is 0. The summed E-state index contributed by atoms with van der Waals surface area (Å²) in [4.78, 5) is 16.0. The van der Waals surface area contributed by atoms with Crippen LogP contribution in [0.1, 0.15) is 33.9 Å². The van der Waals surface area contributed by atoms with Crippen molar-refractivity contribution < 1.29 is 16.0 Å². The molecule has 224 valence electrons. The largest absolute Gasteiger partial charge is 0.0623 e. The summed E-state index contributed by atoms with van der Waals surface area (Å²) >= 11 is 5.48. The summed E-state index contributed by atoms with van der Waals surface area (Å²) in [6.07, 6.45) is 9.09. The molecule has 0 fully saturated rings. The van der Waals surface area contributed by atoms with Gasteiger partial charge >= 0.3 is 91.6 Å². The Morgan fingerprint density at radius 1 is 0.467 bits per heavy atom. The normalized spacial score (nSPS) is 11.7. The number of benzene rings is 3. The molecule has 0 spiro atoms. The first-order valence-corrected chi connectivity index (χ1v) is 15.0. The van der Waals surface area contributed by atoms with Gasteiger partial charge in [0.15, 0.2) is 0 Å². The molecular formula is C39H33CuN4Si. The van der Waals surface area contributed by atoms with Crippen LogP contribution in [-0.4, -0.2) is 30.9 Å². The first-order valence-electron chi connectivity index (χ1n) is 14.5. The summed E-state index contributed by atoms with van der Waals surface area (Å²) in [7, 11) is 0. The van der Waals surface area contributed by atoms with Gasteiger partial charge in [0.25, 0.3) is 0 Å². The predicted molar refractivity (Wildman–Crippen MR) is 191 cm³/mol. The molecular weight excluding hydrogens is 616 g/mol. The van der Waals surface area contributed by atoms with E-state index in [0.29, 0.717) is 0 Å². The second-order valence-corrected chi connectivity index (χ2v) is 11.1. The Morgan fingerprint density at radius 3 is 1.36 bits per heavy atom. The maximum atomic E-state index is 5.48. The van der Waals surface area contributed by atoms with E-state index >= 15 is 0 Å². The Balaban J connectivity index is 0.000000143. The monoisotopic (exact) mass is 648 g/mol. The summed E-state index contributed by atoms with van der Waals surface area (Å²) in [5.74, 6) is 0. The molecule has 1 aliphatic carbocycles. The third-order valence-corrected chi connectivity index (χ3v) is 7.91. The Labute approximate surface area is 275 Å². The second kappa shape index (κ2) is 13.7. The van der Waals surface area contributed by atoms with Gasteiger partial charge in [-0.05, 0) is 83.8 Å². The summed E-state index contributed by atoms with van der Waals surface area (Å²) in [5.41, 5.74) is 13.2. The van der Waals surface area contributed by atoms with Crippen LogP contribution >= 0.6 is 0 Å². The van der Waals surface area contributed by atoms with Gasteiger partial charge in [-0.1, -0.05) is 36.4 Å². The molecule has 8 bridgehead atoms. The first-order chi connectivity index (χ1) is 21.7. The van der Waals surface area contributed by atoms with Crippen molar-refractivity contribution in [2.45, 2.75) is 6.42 Å². The third-order valence-electron chi connectivity index (χ3n) is 7.47. The molecule has 6 aromatic rings. The van der Waals surface area contributed by atoms with Crippen LogP contribution in [0.3, 0.4) is 0 Å². The van der Waals surface area contributed by atoms with E-state index in [1.165, 1.54) is 22.3 Å². The molecule has 4 nitrogen and oxygen atoms in total. The first kappa shape index (κ1) is 30.0. The minimum atomic E-state index is 0. The van der Waals surface area contributed by atoms with Crippen molar-refractivity contribution in [3.63, 3.8) is 0 Å².